The quantitative estimate of drug-likeness (QED) is 0.834. The van der Waals surface area contributed by atoms with Gasteiger partial charge in [0.1, 0.15) is 0 Å². The maximum absolute atomic E-state index is 12.2. The van der Waals surface area contributed by atoms with Crippen LogP contribution in [0.1, 0.15) is 37.8 Å². The first kappa shape index (κ1) is 12.1. The molecule has 1 amide bonds. The van der Waals surface area contributed by atoms with E-state index in [4.69, 9.17) is 5.73 Å². The predicted octanol–water partition coefficient (Wildman–Crippen LogP) is 1.99. The lowest BCUT2D eigenvalue weighted by atomic mass is 9.68. The van der Waals surface area contributed by atoms with Crippen LogP contribution in [0.25, 0.3) is 0 Å². The molecule has 0 spiro atoms. The zero-order valence-electron chi connectivity index (χ0n) is 10.3. The van der Waals surface area contributed by atoms with Crippen molar-refractivity contribution in [3.05, 3.63) is 35.9 Å². The summed E-state index contributed by atoms with van der Waals surface area (Å²) in [5.74, 6) is 0.114. The molecule has 3 N–H and O–H groups in total. The van der Waals surface area contributed by atoms with Crippen molar-refractivity contribution in [2.75, 3.05) is 6.54 Å². The van der Waals surface area contributed by atoms with Gasteiger partial charge in [0.2, 0.25) is 5.91 Å². The number of amides is 1. The first-order valence-electron chi connectivity index (χ1n) is 6.24. The van der Waals surface area contributed by atoms with Crippen LogP contribution in [-0.2, 0) is 4.79 Å². The summed E-state index contributed by atoms with van der Waals surface area (Å²) in [4.78, 5) is 12.2. The molecule has 3 nitrogen and oxygen atoms in total. The van der Waals surface area contributed by atoms with E-state index in [-0.39, 0.29) is 17.4 Å². The molecule has 0 aliphatic heterocycles. The maximum Gasteiger partial charge on any atom is 0.227 e. The maximum atomic E-state index is 12.2. The van der Waals surface area contributed by atoms with Crippen LogP contribution in [0.2, 0.25) is 0 Å². The Bertz CT molecular complexity index is 379. The lowest BCUT2D eigenvalue weighted by Gasteiger charge is -2.39. The van der Waals surface area contributed by atoms with Gasteiger partial charge in [-0.2, -0.15) is 0 Å². The van der Waals surface area contributed by atoms with E-state index >= 15 is 0 Å². The Morgan fingerprint density at radius 3 is 2.53 bits per heavy atom. The number of nitrogens with two attached hydrogens (primary N) is 1. The normalized spacial score (nSPS) is 19.2. The lowest BCUT2D eigenvalue weighted by molar-refractivity contribution is -0.135. The molecule has 0 saturated heterocycles. The lowest BCUT2D eigenvalue weighted by Crippen LogP contribution is -2.50. The Hall–Kier alpha value is -1.35. The second-order valence-electron chi connectivity index (χ2n) is 4.94. The Morgan fingerprint density at radius 1 is 1.41 bits per heavy atom. The van der Waals surface area contributed by atoms with Gasteiger partial charge in [-0.15, -0.1) is 0 Å². The van der Waals surface area contributed by atoms with Crippen LogP contribution in [0.15, 0.2) is 30.3 Å². The second-order valence-corrected chi connectivity index (χ2v) is 4.94. The van der Waals surface area contributed by atoms with E-state index in [2.05, 4.69) is 5.32 Å². The minimum Gasteiger partial charge on any atom is -0.349 e. The second kappa shape index (κ2) is 4.88. The van der Waals surface area contributed by atoms with Crippen molar-refractivity contribution in [2.45, 2.75) is 32.2 Å². The molecule has 1 saturated carbocycles. The molecule has 0 heterocycles. The minimum absolute atomic E-state index is 0.0488. The SMILES string of the molecule is CC(NC(=O)C1(CN)CCC1)c1ccccc1. The highest BCUT2D eigenvalue weighted by Crippen LogP contribution is 2.40. The van der Waals surface area contributed by atoms with Crippen LogP contribution in [0.3, 0.4) is 0 Å². The topological polar surface area (TPSA) is 55.1 Å². The highest BCUT2D eigenvalue weighted by atomic mass is 16.2. The zero-order valence-corrected chi connectivity index (χ0v) is 10.3. The Balaban J connectivity index is 1.99. The molecule has 1 unspecified atom stereocenters. The Morgan fingerprint density at radius 2 is 2.06 bits per heavy atom. The van der Waals surface area contributed by atoms with Crippen LogP contribution in [0.4, 0.5) is 0 Å². The van der Waals surface area contributed by atoms with Crippen LogP contribution in [0.5, 0.6) is 0 Å². The molecule has 3 heteroatoms. The monoisotopic (exact) mass is 232 g/mol. The van der Waals surface area contributed by atoms with Crippen molar-refractivity contribution < 1.29 is 4.79 Å². The van der Waals surface area contributed by atoms with Gasteiger partial charge in [0.15, 0.2) is 0 Å². The molecule has 17 heavy (non-hydrogen) atoms. The molecule has 1 aromatic carbocycles. The minimum atomic E-state index is -0.289. The van der Waals surface area contributed by atoms with Crippen LogP contribution in [-0.4, -0.2) is 12.5 Å². The fraction of sp³-hybridized carbons (Fsp3) is 0.500. The van der Waals surface area contributed by atoms with E-state index in [0.29, 0.717) is 6.54 Å². The van der Waals surface area contributed by atoms with Crippen LogP contribution >= 0.6 is 0 Å². The van der Waals surface area contributed by atoms with Gasteiger partial charge in [0.05, 0.1) is 11.5 Å². The molecule has 0 bridgehead atoms. The first-order chi connectivity index (χ1) is 8.18. The summed E-state index contributed by atoms with van der Waals surface area (Å²) in [5, 5.41) is 3.07. The van der Waals surface area contributed by atoms with Crippen molar-refractivity contribution in [1.29, 1.82) is 0 Å². The van der Waals surface area contributed by atoms with Gasteiger partial charge in [0, 0.05) is 6.54 Å². The van der Waals surface area contributed by atoms with E-state index < -0.39 is 0 Å². The summed E-state index contributed by atoms with van der Waals surface area (Å²) in [7, 11) is 0. The molecule has 1 atom stereocenters. The first-order valence-corrected chi connectivity index (χ1v) is 6.24. The van der Waals surface area contributed by atoms with Gasteiger partial charge >= 0.3 is 0 Å². The predicted molar refractivity (Wildman–Crippen MR) is 68.3 cm³/mol. The van der Waals surface area contributed by atoms with E-state index in [9.17, 15) is 4.79 Å². The molecular weight excluding hydrogens is 212 g/mol. The summed E-state index contributed by atoms with van der Waals surface area (Å²) in [6.45, 7) is 2.47. The molecule has 92 valence electrons. The number of hydrogen-bond donors (Lipinski definition) is 2. The van der Waals surface area contributed by atoms with Crippen molar-refractivity contribution >= 4 is 5.91 Å². The average Bonchev–Trinajstić information content (AvgIpc) is 2.29. The van der Waals surface area contributed by atoms with E-state index in [1.165, 1.54) is 0 Å². The standard InChI is InChI=1S/C14H20N2O/c1-11(12-6-3-2-4-7-12)16-13(17)14(10-15)8-5-9-14/h2-4,6-7,11H,5,8-10,15H2,1H3,(H,16,17). The Labute approximate surface area is 102 Å². The van der Waals surface area contributed by atoms with Crippen LogP contribution < -0.4 is 11.1 Å². The summed E-state index contributed by atoms with van der Waals surface area (Å²) >= 11 is 0. The fourth-order valence-corrected chi connectivity index (χ4v) is 2.30. The van der Waals surface area contributed by atoms with Gasteiger partial charge in [-0.25, -0.2) is 0 Å². The van der Waals surface area contributed by atoms with Crippen molar-refractivity contribution in [2.24, 2.45) is 11.1 Å². The van der Waals surface area contributed by atoms with Gasteiger partial charge in [-0.3, -0.25) is 4.79 Å². The fourth-order valence-electron chi connectivity index (χ4n) is 2.30. The van der Waals surface area contributed by atoms with E-state index in [1.807, 2.05) is 37.3 Å². The summed E-state index contributed by atoms with van der Waals surface area (Å²) in [6, 6.07) is 10.1. The molecular formula is C14H20N2O. The third kappa shape index (κ3) is 2.34. The third-order valence-electron chi connectivity index (χ3n) is 3.83. The van der Waals surface area contributed by atoms with Gasteiger partial charge < -0.3 is 11.1 Å². The molecule has 2 rings (SSSR count). The molecule has 0 radical (unpaired) electrons. The van der Waals surface area contributed by atoms with Crippen molar-refractivity contribution in [3.8, 4) is 0 Å². The van der Waals surface area contributed by atoms with Gasteiger partial charge in [-0.05, 0) is 25.3 Å². The average molecular weight is 232 g/mol. The number of carbonyl (C=O) groups is 1. The number of benzene rings is 1. The summed E-state index contributed by atoms with van der Waals surface area (Å²) in [6.07, 6.45) is 2.97. The number of hydrogen-bond acceptors (Lipinski definition) is 2. The summed E-state index contributed by atoms with van der Waals surface area (Å²) in [5.41, 5.74) is 6.57. The molecule has 1 aliphatic carbocycles. The van der Waals surface area contributed by atoms with E-state index in [0.717, 1.165) is 24.8 Å². The van der Waals surface area contributed by atoms with Crippen molar-refractivity contribution in [1.82, 2.24) is 5.32 Å². The molecule has 1 aliphatic rings. The number of rotatable bonds is 4. The zero-order chi connectivity index (χ0) is 12.3. The van der Waals surface area contributed by atoms with Crippen molar-refractivity contribution in [3.63, 3.8) is 0 Å². The highest BCUT2D eigenvalue weighted by Gasteiger charge is 2.43. The third-order valence-corrected chi connectivity index (χ3v) is 3.83. The van der Waals surface area contributed by atoms with Gasteiger partial charge in [0.25, 0.3) is 0 Å². The largest absolute Gasteiger partial charge is 0.349 e. The highest BCUT2D eigenvalue weighted by molar-refractivity contribution is 5.84. The van der Waals surface area contributed by atoms with E-state index in [1.54, 1.807) is 0 Å². The molecule has 0 aromatic heterocycles. The number of nitrogens with one attached hydrogen (secondary N) is 1. The van der Waals surface area contributed by atoms with Crippen LogP contribution in [0, 0.1) is 5.41 Å². The Kier molecular flexibility index (Phi) is 3.48. The number of carbonyl (C=O) groups excluding carboxylic acids is 1. The summed E-state index contributed by atoms with van der Waals surface area (Å²) < 4.78 is 0. The molecule has 1 fully saturated rings. The smallest absolute Gasteiger partial charge is 0.227 e. The molecule has 1 aromatic rings. The van der Waals surface area contributed by atoms with Gasteiger partial charge in [-0.1, -0.05) is 36.8 Å².